The van der Waals surface area contributed by atoms with Crippen LogP contribution in [0.5, 0.6) is 0 Å². The van der Waals surface area contributed by atoms with Gasteiger partial charge in [-0.2, -0.15) is 10.5 Å². The number of anilines is 3. The Morgan fingerprint density at radius 1 is 0.338 bits per heavy atom. The van der Waals surface area contributed by atoms with Gasteiger partial charge in [-0.05, 0) is 109 Å². The minimum absolute atomic E-state index is 0.250. The number of nitrogens with zero attached hydrogens (tertiary/aromatic N) is 5. The second kappa shape index (κ2) is 16.2. The number of benzene rings is 11. The molecule has 4 heterocycles. The van der Waals surface area contributed by atoms with E-state index in [0.29, 0.717) is 16.8 Å². The second-order valence-corrected chi connectivity index (χ2v) is 19.4. The standard InChI is InChI=1S/C68H40BN5/c70-41-57-64(58(42-71)68-63-67(57)73-61-29-9-7-23-53(61)55-25-13-27-59(65(55)73)69(63)60-28-14-26-56-54-24-8-10-30-62(54)74(68)66(56)60)72(51-35-31-45(32-36-51)49-21-11-19-47(39-49)43-15-3-1-4-16-43)52-37-33-46(34-38-52)50-22-12-20-48(40-50)44-17-5-2-6-18-44/h1-40H. The lowest BCUT2D eigenvalue weighted by atomic mass is 9.34. The van der Waals surface area contributed by atoms with Gasteiger partial charge in [0.05, 0.1) is 28.1 Å². The summed E-state index contributed by atoms with van der Waals surface area (Å²) in [5.41, 5.74) is 21.0. The van der Waals surface area contributed by atoms with E-state index >= 15 is 0 Å². The van der Waals surface area contributed by atoms with E-state index in [4.69, 9.17) is 0 Å². The predicted octanol–water partition coefficient (Wildman–Crippen LogP) is 14.9. The van der Waals surface area contributed by atoms with Crippen LogP contribution in [0, 0.1) is 22.7 Å². The molecule has 2 aliphatic rings. The molecule has 0 saturated heterocycles. The van der Waals surface area contributed by atoms with Crippen LogP contribution >= 0.6 is 0 Å². The van der Waals surface area contributed by atoms with Crippen molar-refractivity contribution in [2.24, 2.45) is 0 Å². The first-order valence-electron chi connectivity index (χ1n) is 25.1. The number of para-hydroxylation sites is 4. The van der Waals surface area contributed by atoms with Crippen molar-refractivity contribution in [1.82, 2.24) is 9.13 Å². The Kier molecular flexibility index (Phi) is 9.11. The zero-order chi connectivity index (χ0) is 49.0. The molecule has 15 rings (SSSR count). The fourth-order valence-electron chi connectivity index (χ4n) is 12.4. The molecule has 0 N–H and O–H groups in total. The Bertz CT molecular complexity index is 4270. The highest BCUT2D eigenvalue weighted by Crippen LogP contribution is 2.48. The van der Waals surface area contributed by atoms with Crippen LogP contribution in [-0.4, -0.2) is 15.8 Å². The number of aromatic nitrogens is 2. The van der Waals surface area contributed by atoms with Crippen LogP contribution in [0.25, 0.3) is 99.5 Å². The van der Waals surface area contributed by atoms with Gasteiger partial charge in [0, 0.05) is 44.0 Å². The van der Waals surface area contributed by atoms with Gasteiger partial charge < -0.3 is 14.0 Å². The van der Waals surface area contributed by atoms with Crippen LogP contribution < -0.4 is 21.3 Å². The molecule has 0 spiro atoms. The molecule has 2 aliphatic heterocycles. The molecule has 0 unspecified atom stereocenters. The summed E-state index contributed by atoms with van der Waals surface area (Å²) in [6.45, 7) is -0.250. The van der Waals surface area contributed by atoms with Crippen molar-refractivity contribution in [1.29, 1.82) is 10.5 Å². The molecule has 0 amide bonds. The maximum Gasteiger partial charge on any atom is 0.252 e. The smallest absolute Gasteiger partial charge is 0.252 e. The summed E-state index contributed by atoms with van der Waals surface area (Å²) in [7, 11) is 0. The quantitative estimate of drug-likeness (QED) is 0.150. The van der Waals surface area contributed by atoms with Gasteiger partial charge in [0.1, 0.15) is 23.3 Å². The van der Waals surface area contributed by atoms with Gasteiger partial charge in [-0.1, -0.05) is 194 Å². The lowest BCUT2D eigenvalue weighted by Crippen LogP contribution is -2.60. The van der Waals surface area contributed by atoms with Crippen LogP contribution in [0.2, 0.25) is 0 Å². The van der Waals surface area contributed by atoms with Crippen molar-refractivity contribution in [3.63, 3.8) is 0 Å². The van der Waals surface area contributed by atoms with Crippen molar-refractivity contribution in [3.8, 4) is 68.0 Å². The van der Waals surface area contributed by atoms with Crippen molar-refractivity contribution >= 4 is 83.8 Å². The summed E-state index contributed by atoms with van der Waals surface area (Å²) < 4.78 is 4.67. The summed E-state index contributed by atoms with van der Waals surface area (Å²) in [6.07, 6.45) is 0. The Morgan fingerprint density at radius 3 is 1.11 bits per heavy atom. The van der Waals surface area contributed by atoms with Crippen molar-refractivity contribution in [2.75, 3.05) is 4.90 Å². The average molecular weight is 938 g/mol. The van der Waals surface area contributed by atoms with Crippen molar-refractivity contribution in [3.05, 3.63) is 254 Å². The van der Waals surface area contributed by atoms with E-state index in [1.165, 1.54) is 0 Å². The van der Waals surface area contributed by atoms with E-state index in [1.807, 2.05) is 12.1 Å². The van der Waals surface area contributed by atoms with Crippen LogP contribution in [0.4, 0.5) is 17.1 Å². The third-order valence-corrected chi connectivity index (χ3v) is 15.6. The van der Waals surface area contributed by atoms with Gasteiger partial charge in [0.25, 0.3) is 6.71 Å². The maximum atomic E-state index is 12.1. The summed E-state index contributed by atoms with van der Waals surface area (Å²) in [5, 5.41) is 28.7. The van der Waals surface area contributed by atoms with Gasteiger partial charge in [-0.15, -0.1) is 0 Å². The molecular formula is C68H40BN5. The minimum atomic E-state index is -0.250. The molecule has 74 heavy (non-hydrogen) atoms. The van der Waals surface area contributed by atoms with E-state index < -0.39 is 0 Å². The van der Waals surface area contributed by atoms with Crippen LogP contribution in [0.15, 0.2) is 243 Å². The summed E-state index contributed by atoms with van der Waals surface area (Å²) in [5.74, 6) is 0. The molecule has 2 aromatic heterocycles. The first-order valence-corrected chi connectivity index (χ1v) is 25.1. The minimum Gasteiger partial charge on any atom is -0.309 e. The van der Waals surface area contributed by atoms with Crippen LogP contribution in [-0.2, 0) is 0 Å². The summed E-state index contributed by atoms with van der Waals surface area (Å²) in [4.78, 5) is 2.16. The van der Waals surface area contributed by atoms with E-state index in [9.17, 15) is 10.5 Å². The lowest BCUT2D eigenvalue weighted by molar-refractivity contribution is 1.11. The molecule has 0 bridgehead atoms. The van der Waals surface area contributed by atoms with Crippen LogP contribution in [0.3, 0.4) is 0 Å². The molecule has 11 aromatic carbocycles. The number of hydrogen-bond acceptors (Lipinski definition) is 3. The number of fused-ring (bicyclic) bond motifs is 10. The molecular weight excluding hydrogens is 898 g/mol. The van der Waals surface area contributed by atoms with Gasteiger partial charge >= 0.3 is 0 Å². The van der Waals surface area contributed by atoms with Gasteiger partial charge in [0.15, 0.2) is 0 Å². The Hall–Kier alpha value is -10.1. The topological polar surface area (TPSA) is 60.7 Å². The van der Waals surface area contributed by atoms with E-state index in [2.05, 4.69) is 257 Å². The summed E-state index contributed by atoms with van der Waals surface area (Å²) in [6, 6.07) is 91.3. The van der Waals surface area contributed by atoms with Crippen molar-refractivity contribution in [2.45, 2.75) is 0 Å². The normalized spacial score (nSPS) is 12.0. The first-order chi connectivity index (χ1) is 36.7. The number of rotatable bonds is 7. The second-order valence-electron chi connectivity index (χ2n) is 19.4. The van der Waals surface area contributed by atoms with Gasteiger partial charge in [-0.3, -0.25) is 0 Å². The molecule has 5 nitrogen and oxygen atoms in total. The highest BCUT2D eigenvalue weighted by atomic mass is 15.2. The van der Waals surface area contributed by atoms with Crippen molar-refractivity contribution < 1.29 is 0 Å². The van der Waals surface area contributed by atoms with E-state index in [-0.39, 0.29) is 6.71 Å². The fourth-order valence-corrected chi connectivity index (χ4v) is 12.4. The number of nitriles is 2. The Balaban J connectivity index is 1.02. The number of hydrogen-bond donors (Lipinski definition) is 0. The first kappa shape index (κ1) is 41.6. The monoisotopic (exact) mass is 937 g/mol. The third kappa shape index (κ3) is 5.97. The zero-order valence-corrected chi connectivity index (χ0v) is 39.9. The largest absolute Gasteiger partial charge is 0.309 e. The molecule has 0 atom stereocenters. The lowest BCUT2D eigenvalue weighted by Gasteiger charge is -2.37. The van der Waals surface area contributed by atoms with Crippen LogP contribution in [0.1, 0.15) is 11.1 Å². The van der Waals surface area contributed by atoms with E-state index in [0.717, 1.165) is 127 Å². The van der Waals surface area contributed by atoms with Gasteiger partial charge in [-0.25, -0.2) is 0 Å². The molecule has 13 aromatic rings. The molecule has 0 fully saturated rings. The molecule has 0 saturated carbocycles. The SMILES string of the molecule is N#Cc1c(N(c2ccc(-c3cccc(-c4ccccc4)c3)cc2)c2ccc(-c3cccc(-c4ccccc4)c3)cc2)c(C#N)c2c3c1-n1c4ccccc4c4cccc(c41)B3c1cccc3c4ccccc4n-2c13. The average Bonchev–Trinajstić information content (AvgIpc) is 4.01. The Morgan fingerprint density at radius 2 is 0.689 bits per heavy atom. The Labute approximate surface area is 428 Å². The van der Waals surface area contributed by atoms with Gasteiger partial charge in [0.2, 0.25) is 0 Å². The molecule has 6 heteroatoms. The molecule has 0 radical (unpaired) electrons. The molecule has 340 valence electrons. The third-order valence-electron chi connectivity index (χ3n) is 15.6. The zero-order valence-electron chi connectivity index (χ0n) is 39.9. The van der Waals surface area contributed by atoms with E-state index in [1.54, 1.807) is 0 Å². The predicted molar refractivity (Wildman–Crippen MR) is 306 cm³/mol. The highest BCUT2D eigenvalue weighted by Gasteiger charge is 2.45. The summed E-state index contributed by atoms with van der Waals surface area (Å²) >= 11 is 0. The highest BCUT2D eigenvalue weighted by molar-refractivity contribution is 7.00. The maximum absolute atomic E-state index is 12.1. The molecule has 0 aliphatic carbocycles. The fraction of sp³-hybridized carbons (Fsp3) is 0.